The van der Waals surface area contributed by atoms with Gasteiger partial charge in [-0.05, 0) is 31.0 Å². The summed E-state index contributed by atoms with van der Waals surface area (Å²) in [4.78, 5) is 18.9. The third-order valence-electron chi connectivity index (χ3n) is 4.89. The number of carbonyl (C=O) groups is 1. The van der Waals surface area contributed by atoms with Gasteiger partial charge in [0.2, 0.25) is 0 Å². The zero-order valence-electron chi connectivity index (χ0n) is 15.5. The highest BCUT2D eigenvalue weighted by molar-refractivity contribution is 5.99. The second-order valence-electron chi connectivity index (χ2n) is 6.95. The molecule has 0 bridgehead atoms. The van der Waals surface area contributed by atoms with Gasteiger partial charge in [-0.2, -0.15) is 5.10 Å². The van der Waals surface area contributed by atoms with Gasteiger partial charge in [-0.25, -0.2) is 0 Å². The maximum Gasteiger partial charge on any atom is 0.254 e. The molecule has 6 heteroatoms. The minimum atomic E-state index is 0.0536. The van der Waals surface area contributed by atoms with Crippen LogP contribution in [-0.4, -0.2) is 44.3 Å². The largest absolute Gasteiger partial charge is 0.396 e. The van der Waals surface area contributed by atoms with Gasteiger partial charge in [0.25, 0.3) is 5.91 Å². The van der Waals surface area contributed by atoms with Crippen molar-refractivity contribution < 1.29 is 9.90 Å². The molecule has 0 aliphatic carbocycles. The molecule has 4 rings (SSSR count). The van der Waals surface area contributed by atoms with Gasteiger partial charge >= 0.3 is 0 Å². The number of aliphatic hydroxyl groups is 1. The van der Waals surface area contributed by atoms with Crippen molar-refractivity contribution in [3.8, 4) is 22.4 Å². The third kappa shape index (κ3) is 3.24. The summed E-state index contributed by atoms with van der Waals surface area (Å²) in [5, 5.41) is 13.4. The van der Waals surface area contributed by atoms with Crippen molar-refractivity contribution in [2.24, 2.45) is 0 Å². The standard InChI is InChI=1S/C21H22N4O2/c1-14-4-7-18(17-11-22-25(13-17)8-3-9-26)20(23-14)15-5-6-16-12-24(2)21(27)19(16)10-15/h4-7,10-11,13,26H,3,8-9,12H2,1-2H3. The molecule has 0 unspecified atom stereocenters. The highest BCUT2D eigenvalue weighted by Gasteiger charge is 2.25. The molecule has 1 amide bonds. The number of benzene rings is 1. The summed E-state index contributed by atoms with van der Waals surface area (Å²) in [5.41, 5.74) is 6.46. The number of aliphatic hydroxyl groups excluding tert-OH is 1. The number of carbonyl (C=O) groups excluding carboxylic acids is 1. The number of nitrogens with zero attached hydrogens (tertiary/aromatic N) is 4. The van der Waals surface area contributed by atoms with Crippen LogP contribution < -0.4 is 0 Å². The molecule has 1 aliphatic rings. The van der Waals surface area contributed by atoms with Crippen LogP contribution in [0.5, 0.6) is 0 Å². The van der Waals surface area contributed by atoms with Crippen LogP contribution >= 0.6 is 0 Å². The number of hydrogen-bond acceptors (Lipinski definition) is 4. The Bertz CT molecular complexity index is 1010. The van der Waals surface area contributed by atoms with Gasteiger partial charge in [-0.15, -0.1) is 0 Å². The Kier molecular flexibility index (Phi) is 4.49. The zero-order chi connectivity index (χ0) is 19.0. The van der Waals surface area contributed by atoms with Crippen LogP contribution in [0, 0.1) is 6.92 Å². The minimum absolute atomic E-state index is 0.0536. The molecule has 3 aromatic rings. The van der Waals surface area contributed by atoms with E-state index in [1.165, 1.54) is 0 Å². The molecule has 1 aliphatic heterocycles. The summed E-state index contributed by atoms with van der Waals surface area (Å²) < 4.78 is 1.83. The van der Waals surface area contributed by atoms with Crippen molar-refractivity contribution in [1.29, 1.82) is 0 Å². The molecule has 1 N–H and O–H groups in total. The van der Waals surface area contributed by atoms with E-state index in [0.717, 1.165) is 39.2 Å². The fraction of sp³-hybridized carbons (Fsp3) is 0.286. The van der Waals surface area contributed by atoms with Crippen LogP contribution in [-0.2, 0) is 13.1 Å². The first kappa shape index (κ1) is 17.4. The molecular formula is C21H22N4O2. The summed E-state index contributed by atoms with van der Waals surface area (Å²) >= 11 is 0. The van der Waals surface area contributed by atoms with Crippen molar-refractivity contribution in [2.75, 3.05) is 13.7 Å². The second-order valence-corrected chi connectivity index (χ2v) is 6.95. The van der Waals surface area contributed by atoms with Crippen molar-refractivity contribution in [3.63, 3.8) is 0 Å². The van der Waals surface area contributed by atoms with E-state index in [0.29, 0.717) is 19.5 Å². The molecule has 0 saturated heterocycles. The maximum atomic E-state index is 12.4. The lowest BCUT2D eigenvalue weighted by atomic mass is 9.98. The molecule has 0 radical (unpaired) electrons. The molecule has 3 heterocycles. The lowest BCUT2D eigenvalue weighted by molar-refractivity contribution is 0.0816. The van der Waals surface area contributed by atoms with Crippen LogP contribution in [0.3, 0.4) is 0 Å². The van der Waals surface area contributed by atoms with E-state index in [4.69, 9.17) is 10.1 Å². The van der Waals surface area contributed by atoms with Gasteiger partial charge in [0.15, 0.2) is 0 Å². The summed E-state index contributed by atoms with van der Waals surface area (Å²) in [6, 6.07) is 10.0. The number of aryl methyl sites for hydroxylation is 2. The monoisotopic (exact) mass is 362 g/mol. The van der Waals surface area contributed by atoms with Crippen LogP contribution in [0.4, 0.5) is 0 Å². The minimum Gasteiger partial charge on any atom is -0.396 e. The van der Waals surface area contributed by atoms with Gasteiger partial charge in [-0.3, -0.25) is 14.5 Å². The molecule has 0 spiro atoms. The van der Waals surface area contributed by atoms with E-state index in [1.807, 2.05) is 61.4 Å². The van der Waals surface area contributed by atoms with E-state index >= 15 is 0 Å². The fourth-order valence-corrected chi connectivity index (χ4v) is 3.46. The Morgan fingerprint density at radius 1 is 1.15 bits per heavy atom. The second kappa shape index (κ2) is 6.96. The van der Waals surface area contributed by atoms with E-state index < -0.39 is 0 Å². The van der Waals surface area contributed by atoms with Gasteiger partial charge in [0.05, 0.1) is 11.9 Å². The quantitative estimate of drug-likeness (QED) is 0.758. The van der Waals surface area contributed by atoms with Gasteiger partial charge < -0.3 is 10.0 Å². The van der Waals surface area contributed by atoms with Gasteiger partial charge in [-0.1, -0.05) is 18.2 Å². The Balaban J connectivity index is 1.77. The molecule has 27 heavy (non-hydrogen) atoms. The molecule has 1 aromatic carbocycles. The van der Waals surface area contributed by atoms with E-state index in [-0.39, 0.29) is 12.5 Å². The average molecular weight is 362 g/mol. The van der Waals surface area contributed by atoms with Crippen LogP contribution in [0.2, 0.25) is 0 Å². The molecule has 0 saturated carbocycles. The SMILES string of the molecule is Cc1ccc(-c2cnn(CCCO)c2)c(-c2ccc3c(c2)C(=O)N(C)C3)n1. The van der Waals surface area contributed by atoms with Crippen molar-refractivity contribution in [1.82, 2.24) is 19.7 Å². The van der Waals surface area contributed by atoms with Gasteiger partial charge in [0, 0.05) is 60.9 Å². The predicted molar refractivity (Wildman–Crippen MR) is 103 cm³/mol. The number of amides is 1. The van der Waals surface area contributed by atoms with Crippen molar-refractivity contribution in [3.05, 3.63) is 59.5 Å². The number of rotatable bonds is 5. The van der Waals surface area contributed by atoms with E-state index in [1.54, 1.807) is 4.90 Å². The first-order valence-corrected chi connectivity index (χ1v) is 9.07. The average Bonchev–Trinajstić information content (AvgIpc) is 3.25. The Morgan fingerprint density at radius 3 is 2.81 bits per heavy atom. The van der Waals surface area contributed by atoms with Crippen molar-refractivity contribution in [2.45, 2.75) is 26.4 Å². The van der Waals surface area contributed by atoms with Crippen LogP contribution in [0.25, 0.3) is 22.4 Å². The summed E-state index contributed by atoms with van der Waals surface area (Å²) in [6.45, 7) is 3.43. The normalized spacial score (nSPS) is 13.3. The summed E-state index contributed by atoms with van der Waals surface area (Å²) in [7, 11) is 1.82. The molecule has 6 nitrogen and oxygen atoms in total. The summed E-state index contributed by atoms with van der Waals surface area (Å²) in [5.74, 6) is 0.0536. The molecule has 2 aromatic heterocycles. The predicted octanol–water partition coefficient (Wildman–Crippen LogP) is 2.89. The lowest BCUT2D eigenvalue weighted by Gasteiger charge is -2.10. The van der Waals surface area contributed by atoms with Crippen LogP contribution in [0.1, 0.15) is 28.0 Å². The van der Waals surface area contributed by atoms with E-state index in [2.05, 4.69) is 5.10 Å². The number of aromatic nitrogens is 3. The topological polar surface area (TPSA) is 71.2 Å². The van der Waals surface area contributed by atoms with Gasteiger partial charge in [0.1, 0.15) is 0 Å². The maximum absolute atomic E-state index is 12.4. The number of hydrogen-bond donors (Lipinski definition) is 1. The summed E-state index contributed by atoms with van der Waals surface area (Å²) in [6.07, 6.45) is 4.46. The number of pyridine rings is 1. The smallest absolute Gasteiger partial charge is 0.254 e. The van der Waals surface area contributed by atoms with Crippen molar-refractivity contribution >= 4 is 5.91 Å². The first-order valence-electron chi connectivity index (χ1n) is 9.07. The highest BCUT2D eigenvalue weighted by atomic mass is 16.3. The number of fused-ring (bicyclic) bond motifs is 1. The van der Waals surface area contributed by atoms with E-state index in [9.17, 15) is 4.79 Å². The molecule has 0 atom stereocenters. The third-order valence-corrected chi connectivity index (χ3v) is 4.89. The van der Waals surface area contributed by atoms with Crippen LogP contribution in [0.15, 0.2) is 42.7 Å². The molecule has 0 fully saturated rings. The Labute approximate surface area is 158 Å². The Morgan fingerprint density at radius 2 is 2.00 bits per heavy atom. The fourth-order valence-electron chi connectivity index (χ4n) is 3.46. The lowest BCUT2D eigenvalue weighted by Crippen LogP contribution is -2.17. The molecule has 138 valence electrons. The molecular weight excluding hydrogens is 340 g/mol. The Hall–Kier alpha value is -2.99. The highest BCUT2D eigenvalue weighted by Crippen LogP contribution is 2.33. The first-order chi connectivity index (χ1) is 13.1. The zero-order valence-corrected chi connectivity index (χ0v) is 15.5.